The fraction of sp³-hybridized carbons (Fsp3) is 0.833. The molecule has 0 fully saturated rings. The molecule has 0 aromatic rings. The normalized spacial score (nSPS) is 16.9. The highest BCUT2D eigenvalue weighted by Gasteiger charge is 2.37. The van der Waals surface area contributed by atoms with Gasteiger partial charge in [-0.1, -0.05) is 13.8 Å². The van der Waals surface area contributed by atoms with E-state index in [9.17, 15) is 24.9 Å². The van der Waals surface area contributed by atoms with Crippen LogP contribution < -0.4 is 0 Å². The third kappa shape index (κ3) is 5.83. The smallest absolute Gasteiger partial charge is 0.306 e. The Bertz CT molecular complexity index is 306. The first-order chi connectivity index (χ1) is 9.40. The SMILES string of the molecule is CCC(=O)O[C@@H]([C@H](O)[C@H](O)CO)[C@H](CO)OC(=O)CC. The fourth-order valence-electron chi connectivity index (χ4n) is 1.39. The van der Waals surface area contributed by atoms with Crippen molar-refractivity contribution in [3.63, 3.8) is 0 Å². The summed E-state index contributed by atoms with van der Waals surface area (Å²) in [7, 11) is 0. The van der Waals surface area contributed by atoms with Crippen molar-refractivity contribution in [2.45, 2.75) is 51.1 Å². The summed E-state index contributed by atoms with van der Waals surface area (Å²) in [6.45, 7) is 1.56. The van der Waals surface area contributed by atoms with Crippen molar-refractivity contribution in [3.8, 4) is 0 Å². The second kappa shape index (κ2) is 9.65. The Kier molecular flexibility index (Phi) is 9.06. The molecule has 0 aromatic carbocycles. The number of rotatable bonds is 9. The Morgan fingerprint density at radius 2 is 1.45 bits per heavy atom. The van der Waals surface area contributed by atoms with Crippen LogP contribution in [0.2, 0.25) is 0 Å². The summed E-state index contributed by atoms with van der Waals surface area (Å²) >= 11 is 0. The number of ether oxygens (including phenoxy) is 2. The van der Waals surface area contributed by atoms with Gasteiger partial charge in [0, 0.05) is 12.8 Å². The van der Waals surface area contributed by atoms with Crippen LogP contribution in [0.25, 0.3) is 0 Å². The molecule has 4 N–H and O–H groups in total. The first-order valence-corrected chi connectivity index (χ1v) is 6.37. The first kappa shape index (κ1) is 18.8. The van der Waals surface area contributed by atoms with Crippen LogP contribution in [0.5, 0.6) is 0 Å². The highest BCUT2D eigenvalue weighted by Crippen LogP contribution is 2.14. The quantitative estimate of drug-likeness (QED) is 0.371. The van der Waals surface area contributed by atoms with E-state index in [-0.39, 0.29) is 12.8 Å². The molecule has 0 saturated carbocycles. The maximum Gasteiger partial charge on any atom is 0.306 e. The Labute approximate surface area is 116 Å². The summed E-state index contributed by atoms with van der Waals surface area (Å²) in [6, 6.07) is 0. The molecule has 0 spiro atoms. The van der Waals surface area contributed by atoms with Gasteiger partial charge in [0.25, 0.3) is 0 Å². The fourth-order valence-corrected chi connectivity index (χ4v) is 1.39. The van der Waals surface area contributed by atoms with Gasteiger partial charge >= 0.3 is 11.9 Å². The third-order valence-corrected chi connectivity index (χ3v) is 2.59. The van der Waals surface area contributed by atoms with Crippen molar-refractivity contribution in [2.24, 2.45) is 0 Å². The van der Waals surface area contributed by atoms with Gasteiger partial charge in [0.05, 0.1) is 13.2 Å². The lowest BCUT2D eigenvalue weighted by molar-refractivity contribution is -0.189. The molecule has 0 aliphatic rings. The Morgan fingerprint density at radius 3 is 1.85 bits per heavy atom. The molecule has 0 aromatic heterocycles. The molecule has 8 nitrogen and oxygen atoms in total. The second-order valence-electron chi connectivity index (χ2n) is 4.11. The third-order valence-electron chi connectivity index (χ3n) is 2.59. The summed E-state index contributed by atoms with van der Waals surface area (Å²) in [5.41, 5.74) is 0. The zero-order valence-corrected chi connectivity index (χ0v) is 11.6. The van der Waals surface area contributed by atoms with Gasteiger partial charge in [-0.3, -0.25) is 9.59 Å². The van der Waals surface area contributed by atoms with Crippen LogP contribution >= 0.6 is 0 Å². The molecular weight excluding hydrogens is 272 g/mol. The maximum atomic E-state index is 11.3. The van der Waals surface area contributed by atoms with Gasteiger partial charge in [-0.15, -0.1) is 0 Å². The first-order valence-electron chi connectivity index (χ1n) is 6.37. The number of carbonyl (C=O) groups excluding carboxylic acids is 2. The second-order valence-corrected chi connectivity index (χ2v) is 4.11. The van der Waals surface area contributed by atoms with E-state index in [1.807, 2.05) is 0 Å². The number of aliphatic hydroxyl groups excluding tert-OH is 4. The van der Waals surface area contributed by atoms with E-state index in [2.05, 4.69) is 0 Å². The molecule has 0 amide bonds. The van der Waals surface area contributed by atoms with Crippen LogP contribution in [0.1, 0.15) is 26.7 Å². The summed E-state index contributed by atoms with van der Waals surface area (Å²) in [5, 5.41) is 37.2. The van der Waals surface area contributed by atoms with Crippen molar-refractivity contribution in [1.29, 1.82) is 0 Å². The van der Waals surface area contributed by atoms with E-state index >= 15 is 0 Å². The molecule has 0 heterocycles. The topological polar surface area (TPSA) is 134 Å². The molecule has 8 heteroatoms. The Morgan fingerprint density at radius 1 is 0.950 bits per heavy atom. The van der Waals surface area contributed by atoms with Crippen molar-refractivity contribution in [2.75, 3.05) is 13.2 Å². The van der Waals surface area contributed by atoms with Gasteiger partial charge in [-0.2, -0.15) is 0 Å². The van der Waals surface area contributed by atoms with Gasteiger partial charge in [-0.25, -0.2) is 0 Å². The van der Waals surface area contributed by atoms with E-state index in [1.54, 1.807) is 0 Å². The van der Waals surface area contributed by atoms with Crippen LogP contribution in [0.4, 0.5) is 0 Å². The summed E-state index contributed by atoms with van der Waals surface area (Å²) in [4.78, 5) is 22.5. The van der Waals surface area contributed by atoms with Gasteiger partial charge in [0.2, 0.25) is 0 Å². The lowest BCUT2D eigenvalue weighted by atomic mass is 10.0. The van der Waals surface area contributed by atoms with Gasteiger partial charge < -0.3 is 29.9 Å². The molecule has 0 bridgehead atoms. The van der Waals surface area contributed by atoms with E-state index < -0.39 is 49.6 Å². The summed E-state index contributed by atoms with van der Waals surface area (Å²) in [5.74, 6) is -1.36. The van der Waals surface area contributed by atoms with Crippen molar-refractivity contribution < 1.29 is 39.5 Å². The van der Waals surface area contributed by atoms with E-state index in [0.717, 1.165) is 0 Å². The minimum absolute atomic E-state index is 0.00167. The van der Waals surface area contributed by atoms with Crippen molar-refractivity contribution in [3.05, 3.63) is 0 Å². The van der Waals surface area contributed by atoms with Crippen LogP contribution in [0.3, 0.4) is 0 Å². The number of hydrogen-bond acceptors (Lipinski definition) is 8. The van der Waals surface area contributed by atoms with Crippen LogP contribution in [0, 0.1) is 0 Å². The molecule has 0 rings (SSSR count). The largest absolute Gasteiger partial charge is 0.456 e. The summed E-state index contributed by atoms with van der Waals surface area (Å²) < 4.78 is 9.74. The molecule has 0 aliphatic heterocycles. The molecule has 0 radical (unpaired) electrons. The molecule has 20 heavy (non-hydrogen) atoms. The molecular formula is C12H22O8. The number of esters is 2. The number of carbonyl (C=O) groups is 2. The lowest BCUT2D eigenvalue weighted by Gasteiger charge is -2.30. The molecule has 4 atom stereocenters. The molecule has 0 aliphatic carbocycles. The minimum atomic E-state index is -1.70. The average molecular weight is 294 g/mol. The van der Waals surface area contributed by atoms with Gasteiger partial charge in [-0.05, 0) is 0 Å². The molecule has 0 unspecified atom stereocenters. The van der Waals surface area contributed by atoms with Crippen LogP contribution in [-0.4, -0.2) is 70.0 Å². The van der Waals surface area contributed by atoms with E-state index in [0.29, 0.717) is 0 Å². The van der Waals surface area contributed by atoms with Crippen LogP contribution in [-0.2, 0) is 19.1 Å². The highest BCUT2D eigenvalue weighted by atomic mass is 16.6. The van der Waals surface area contributed by atoms with Gasteiger partial charge in [0.15, 0.2) is 12.2 Å². The lowest BCUT2D eigenvalue weighted by Crippen LogP contribution is -2.51. The Balaban J connectivity index is 5.04. The van der Waals surface area contributed by atoms with Crippen molar-refractivity contribution in [1.82, 2.24) is 0 Å². The van der Waals surface area contributed by atoms with E-state index in [1.165, 1.54) is 13.8 Å². The maximum absolute atomic E-state index is 11.3. The van der Waals surface area contributed by atoms with Crippen molar-refractivity contribution >= 4 is 11.9 Å². The summed E-state index contributed by atoms with van der Waals surface area (Å²) in [6.07, 6.45) is -6.06. The standard InChI is InChI=1S/C12H22O8/c1-3-9(16)19-8(6-14)12(20-10(17)4-2)11(18)7(15)5-13/h7-8,11-15,18H,3-6H2,1-2H3/t7-,8+,11-,12-/m1/s1. The van der Waals surface area contributed by atoms with E-state index in [4.69, 9.17) is 14.6 Å². The number of hydrogen-bond donors (Lipinski definition) is 4. The minimum Gasteiger partial charge on any atom is -0.456 e. The molecule has 118 valence electrons. The predicted molar refractivity (Wildman–Crippen MR) is 66.5 cm³/mol. The Hall–Kier alpha value is -1.22. The molecule has 0 saturated heterocycles. The zero-order chi connectivity index (χ0) is 15.7. The zero-order valence-electron chi connectivity index (χ0n) is 11.6. The average Bonchev–Trinajstić information content (AvgIpc) is 2.48. The monoisotopic (exact) mass is 294 g/mol. The van der Waals surface area contributed by atoms with Gasteiger partial charge in [0.1, 0.15) is 12.2 Å². The highest BCUT2D eigenvalue weighted by molar-refractivity contribution is 5.70. The number of aliphatic hydroxyl groups is 4. The van der Waals surface area contributed by atoms with Crippen LogP contribution in [0.15, 0.2) is 0 Å². The predicted octanol–water partition coefficient (Wildman–Crippen LogP) is -1.66.